The highest BCUT2D eigenvalue weighted by molar-refractivity contribution is 5.75. The van der Waals surface area contributed by atoms with Gasteiger partial charge in [0.15, 0.2) is 52.8 Å². The number of aliphatic hydroxyl groups excluding tert-OH is 1. The third-order valence-corrected chi connectivity index (χ3v) is 2.62. The molecule has 0 aliphatic heterocycles. The monoisotopic (exact) mass is 358 g/mol. The number of hydrogen-bond acceptors (Lipinski definition) is 2. The average molecular weight is 358 g/mol. The molecule has 24 heavy (non-hydrogen) atoms. The van der Waals surface area contributed by atoms with Crippen LogP contribution in [-0.2, 0) is 6.61 Å². The van der Waals surface area contributed by atoms with Gasteiger partial charge >= 0.3 is 0 Å². The van der Waals surface area contributed by atoms with Crippen molar-refractivity contribution in [3.05, 3.63) is 69.8 Å². The number of aldehydes is 1. The zero-order chi connectivity index (χ0) is 18.6. The Morgan fingerprint density at radius 2 is 1.04 bits per heavy atom. The van der Waals surface area contributed by atoms with Crippen LogP contribution in [0.4, 0.5) is 35.1 Å². The van der Waals surface area contributed by atoms with E-state index in [1.165, 1.54) is 0 Å². The lowest BCUT2D eigenvalue weighted by Crippen LogP contribution is -2.01. The molecule has 0 saturated carbocycles. The van der Waals surface area contributed by atoms with E-state index < -0.39 is 64.3 Å². The van der Waals surface area contributed by atoms with Crippen LogP contribution in [0.3, 0.4) is 0 Å². The van der Waals surface area contributed by atoms with E-state index in [1.807, 2.05) is 0 Å². The molecular formula is C14H6F8O2. The Balaban J connectivity index is 0.000000240. The lowest BCUT2D eigenvalue weighted by Gasteiger charge is -2.02. The van der Waals surface area contributed by atoms with Gasteiger partial charge in [-0.05, 0) is 0 Å². The van der Waals surface area contributed by atoms with Crippen molar-refractivity contribution in [2.24, 2.45) is 0 Å². The summed E-state index contributed by atoms with van der Waals surface area (Å²) in [6.45, 7) is -1.08. The van der Waals surface area contributed by atoms with Crippen molar-refractivity contribution in [1.29, 1.82) is 0 Å². The molecule has 0 aliphatic carbocycles. The summed E-state index contributed by atoms with van der Waals surface area (Å²) in [5.74, 6) is -12.7. The minimum absolute atomic E-state index is 0.0394. The predicted molar refractivity (Wildman–Crippen MR) is 63.9 cm³/mol. The van der Waals surface area contributed by atoms with E-state index in [4.69, 9.17) is 5.11 Å². The zero-order valence-corrected chi connectivity index (χ0v) is 11.3. The van der Waals surface area contributed by atoms with Gasteiger partial charge in [0.1, 0.15) is 0 Å². The second-order valence-corrected chi connectivity index (χ2v) is 4.10. The van der Waals surface area contributed by atoms with E-state index >= 15 is 0 Å². The summed E-state index contributed by atoms with van der Waals surface area (Å²) in [6.07, 6.45) is -0.281. The summed E-state index contributed by atoms with van der Waals surface area (Å²) in [6, 6.07) is 0.126. The second kappa shape index (κ2) is 7.86. The van der Waals surface area contributed by atoms with Gasteiger partial charge in [0.05, 0.1) is 17.7 Å². The molecule has 2 rings (SSSR count). The van der Waals surface area contributed by atoms with Crippen molar-refractivity contribution in [2.75, 3.05) is 0 Å². The normalized spacial score (nSPS) is 10.2. The molecule has 1 N–H and O–H groups in total. The number of carbonyl (C=O) groups excluding carboxylic acids is 1. The van der Waals surface area contributed by atoms with Crippen LogP contribution < -0.4 is 0 Å². The Labute approximate surface area is 129 Å². The van der Waals surface area contributed by atoms with Crippen LogP contribution in [0.25, 0.3) is 0 Å². The Bertz CT molecular complexity index is 724. The Hall–Kier alpha value is -2.49. The van der Waals surface area contributed by atoms with Gasteiger partial charge in [0.25, 0.3) is 0 Å². The van der Waals surface area contributed by atoms with E-state index in [0.717, 1.165) is 0 Å². The fourth-order valence-corrected chi connectivity index (χ4v) is 1.46. The molecule has 2 nitrogen and oxygen atoms in total. The van der Waals surface area contributed by atoms with Crippen molar-refractivity contribution >= 4 is 6.29 Å². The molecule has 0 aromatic heterocycles. The van der Waals surface area contributed by atoms with Gasteiger partial charge in [0, 0.05) is 12.1 Å². The Morgan fingerprint density at radius 1 is 0.708 bits per heavy atom. The lowest BCUT2D eigenvalue weighted by atomic mass is 10.2. The smallest absolute Gasteiger partial charge is 0.172 e. The van der Waals surface area contributed by atoms with Crippen molar-refractivity contribution in [3.63, 3.8) is 0 Å². The van der Waals surface area contributed by atoms with E-state index in [-0.39, 0.29) is 18.4 Å². The maximum absolute atomic E-state index is 12.5. The largest absolute Gasteiger partial charge is 0.391 e. The maximum atomic E-state index is 12.5. The highest BCUT2D eigenvalue weighted by Gasteiger charge is 2.18. The molecule has 130 valence electrons. The van der Waals surface area contributed by atoms with Gasteiger partial charge in [-0.25, -0.2) is 35.1 Å². The van der Waals surface area contributed by atoms with Crippen LogP contribution in [0.1, 0.15) is 15.9 Å². The molecule has 0 radical (unpaired) electrons. The molecular weight excluding hydrogens is 352 g/mol. The minimum atomic E-state index is -1.68. The second-order valence-electron chi connectivity index (χ2n) is 4.10. The molecule has 2 aromatic carbocycles. The maximum Gasteiger partial charge on any atom is 0.172 e. The van der Waals surface area contributed by atoms with Gasteiger partial charge in [-0.1, -0.05) is 0 Å². The summed E-state index contributed by atoms with van der Waals surface area (Å²) < 4.78 is 99.0. The number of carbonyl (C=O) groups is 1. The molecule has 0 bridgehead atoms. The molecule has 0 saturated heterocycles. The molecule has 0 unspecified atom stereocenters. The summed E-state index contributed by atoms with van der Waals surface area (Å²) in [5.41, 5.74) is -2.22. The molecule has 0 amide bonds. The van der Waals surface area contributed by atoms with Gasteiger partial charge in [-0.2, -0.15) is 0 Å². The average Bonchev–Trinajstić information content (AvgIpc) is 2.53. The molecule has 0 spiro atoms. The molecule has 0 aliphatic rings. The number of aliphatic hydroxyl groups is 1. The molecule has 2 aromatic rings. The third kappa shape index (κ3) is 3.88. The molecule has 0 atom stereocenters. The topological polar surface area (TPSA) is 37.3 Å². The number of rotatable bonds is 2. The number of benzene rings is 2. The highest BCUT2D eigenvalue weighted by atomic mass is 19.2. The van der Waals surface area contributed by atoms with Crippen molar-refractivity contribution < 1.29 is 45.0 Å². The first-order valence-electron chi connectivity index (χ1n) is 5.86. The molecule has 0 fully saturated rings. The van der Waals surface area contributed by atoms with Gasteiger partial charge in [-0.15, -0.1) is 0 Å². The van der Waals surface area contributed by atoms with Crippen molar-refractivity contribution in [1.82, 2.24) is 0 Å². The number of halogens is 8. The van der Waals surface area contributed by atoms with Crippen LogP contribution >= 0.6 is 0 Å². The van der Waals surface area contributed by atoms with Gasteiger partial charge in [-0.3, -0.25) is 4.79 Å². The molecule has 0 heterocycles. The quantitative estimate of drug-likeness (QED) is 0.504. The standard InChI is InChI=1S/C7H4F4O.C7H2F4O/c2*8-4-1-5(9)7(11)3(2-12)6(4)10/h1,12H,2H2;1-2H. The van der Waals surface area contributed by atoms with E-state index in [1.54, 1.807) is 0 Å². The fourth-order valence-electron chi connectivity index (χ4n) is 1.46. The van der Waals surface area contributed by atoms with Crippen LogP contribution in [0.2, 0.25) is 0 Å². The molecule has 10 heteroatoms. The van der Waals surface area contributed by atoms with Crippen molar-refractivity contribution in [3.8, 4) is 0 Å². The van der Waals surface area contributed by atoms with Crippen molar-refractivity contribution in [2.45, 2.75) is 6.61 Å². The van der Waals surface area contributed by atoms with Crippen LogP contribution in [0.15, 0.2) is 12.1 Å². The first-order chi connectivity index (χ1) is 11.1. The highest BCUT2D eigenvalue weighted by Crippen LogP contribution is 2.19. The first kappa shape index (κ1) is 19.6. The SMILES string of the molecule is O=Cc1c(F)c(F)cc(F)c1F.OCc1c(F)c(F)cc(F)c1F. The Kier molecular flexibility index (Phi) is 6.41. The van der Waals surface area contributed by atoms with Gasteiger partial charge in [0.2, 0.25) is 0 Å². The summed E-state index contributed by atoms with van der Waals surface area (Å²) in [4.78, 5) is 9.94. The van der Waals surface area contributed by atoms with Crippen LogP contribution in [-0.4, -0.2) is 11.4 Å². The van der Waals surface area contributed by atoms with E-state index in [9.17, 15) is 39.9 Å². The first-order valence-corrected chi connectivity index (χ1v) is 5.86. The van der Waals surface area contributed by atoms with E-state index in [2.05, 4.69) is 0 Å². The minimum Gasteiger partial charge on any atom is -0.391 e. The van der Waals surface area contributed by atoms with Gasteiger partial charge < -0.3 is 5.11 Å². The number of hydrogen-bond donors (Lipinski definition) is 1. The Morgan fingerprint density at radius 3 is 1.33 bits per heavy atom. The lowest BCUT2D eigenvalue weighted by molar-refractivity contribution is 0.111. The third-order valence-electron chi connectivity index (χ3n) is 2.62. The predicted octanol–water partition coefficient (Wildman–Crippen LogP) is 3.79. The van der Waals surface area contributed by atoms with Crippen LogP contribution in [0, 0.1) is 46.5 Å². The summed E-state index contributed by atoms with van der Waals surface area (Å²) in [7, 11) is 0. The summed E-state index contributed by atoms with van der Waals surface area (Å²) in [5, 5.41) is 8.33. The van der Waals surface area contributed by atoms with E-state index in [0.29, 0.717) is 0 Å². The van der Waals surface area contributed by atoms with Crippen LogP contribution in [0.5, 0.6) is 0 Å². The zero-order valence-electron chi connectivity index (χ0n) is 11.3. The summed E-state index contributed by atoms with van der Waals surface area (Å²) >= 11 is 0. The fraction of sp³-hybridized carbons (Fsp3) is 0.0714.